The lowest BCUT2D eigenvalue weighted by Crippen LogP contribution is -2.51. The Hall–Kier alpha value is -3.53. The molecule has 7 nitrogen and oxygen atoms in total. The number of pyridine rings is 1. The summed E-state index contributed by atoms with van der Waals surface area (Å²) in [6.45, 7) is 5.54. The molecule has 28 heavy (non-hydrogen) atoms. The first-order valence-corrected chi connectivity index (χ1v) is 8.99. The maximum atomic E-state index is 13.9. The van der Waals surface area contributed by atoms with Gasteiger partial charge in [-0.15, -0.1) is 0 Å². The van der Waals surface area contributed by atoms with Gasteiger partial charge in [0.15, 0.2) is 5.41 Å². The Morgan fingerprint density at radius 2 is 1.93 bits per heavy atom. The van der Waals surface area contributed by atoms with Crippen molar-refractivity contribution in [3.8, 4) is 11.8 Å². The SMILES string of the molecule is Cc1cc2c(c(=O)n1C)C1(C(=O)N(C(C)C)c3ccccc31)C(C#N)=C(N)O2. The number of carbonyl (C=O) groups is 1. The molecule has 4 rings (SSSR count). The van der Waals surface area contributed by atoms with Crippen molar-refractivity contribution in [1.82, 2.24) is 4.57 Å². The van der Waals surface area contributed by atoms with E-state index >= 15 is 0 Å². The van der Waals surface area contributed by atoms with Gasteiger partial charge < -0.3 is 19.9 Å². The summed E-state index contributed by atoms with van der Waals surface area (Å²) >= 11 is 0. The number of hydrogen-bond donors (Lipinski definition) is 1. The zero-order valence-corrected chi connectivity index (χ0v) is 16.1. The average molecular weight is 376 g/mol. The number of ether oxygens (including phenoxy) is 1. The third-order valence-electron chi connectivity index (χ3n) is 5.59. The molecule has 2 aliphatic heterocycles. The van der Waals surface area contributed by atoms with Crippen LogP contribution in [0.25, 0.3) is 0 Å². The first-order chi connectivity index (χ1) is 13.3. The summed E-state index contributed by atoms with van der Waals surface area (Å²) in [5.74, 6) is -0.309. The molecule has 0 fully saturated rings. The molecule has 0 radical (unpaired) electrons. The Morgan fingerprint density at radius 3 is 2.57 bits per heavy atom. The van der Waals surface area contributed by atoms with Gasteiger partial charge >= 0.3 is 0 Å². The predicted octanol–water partition coefficient (Wildman–Crippen LogP) is 1.82. The van der Waals surface area contributed by atoms with Crippen molar-refractivity contribution in [2.75, 3.05) is 4.90 Å². The van der Waals surface area contributed by atoms with Gasteiger partial charge in [0.05, 0.1) is 5.56 Å². The van der Waals surface area contributed by atoms with Crippen LogP contribution >= 0.6 is 0 Å². The molecule has 0 saturated carbocycles. The lowest BCUT2D eigenvalue weighted by Gasteiger charge is -2.34. The number of anilines is 1. The van der Waals surface area contributed by atoms with E-state index in [-0.39, 0.29) is 40.3 Å². The van der Waals surface area contributed by atoms with Crippen LogP contribution in [0.3, 0.4) is 0 Å². The lowest BCUT2D eigenvalue weighted by atomic mass is 9.69. The second kappa shape index (κ2) is 5.73. The van der Waals surface area contributed by atoms with Crippen molar-refractivity contribution < 1.29 is 9.53 Å². The summed E-state index contributed by atoms with van der Waals surface area (Å²) in [5.41, 5.74) is 6.06. The van der Waals surface area contributed by atoms with E-state index in [4.69, 9.17) is 10.5 Å². The van der Waals surface area contributed by atoms with E-state index in [0.717, 1.165) is 0 Å². The monoisotopic (exact) mass is 376 g/mol. The van der Waals surface area contributed by atoms with Gasteiger partial charge in [0, 0.05) is 36.1 Å². The lowest BCUT2D eigenvalue weighted by molar-refractivity contribution is -0.121. The van der Waals surface area contributed by atoms with Crippen molar-refractivity contribution >= 4 is 11.6 Å². The van der Waals surface area contributed by atoms with Crippen LogP contribution in [0, 0.1) is 18.3 Å². The molecule has 1 amide bonds. The number of nitriles is 1. The third kappa shape index (κ3) is 1.92. The number of rotatable bonds is 1. The smallest absolute Gasteiger partial charge is 0.259 e. The normalized spacial score (nSPS) is 20.3. The van der Waals surface area contributed by atoms with E-state index < -0.39 is 5.41 Å². The molecule has 1 aromatic carbocycles. The maximum absolute atomic E-state index is 13.9. The number of benzene rings is 1. The minimum Gasteiger partial charge on any atom is -0.440 e. The zero-order valence-electron chi connectivity index (χ0n) is 16.1. The summed E-state index contributed by atoms with van der Waals surface area (Å²) in [5, 5.41) is 9.95. The number of nitrogens with zero attached hydrogens (tertiary/aromatic N) is 3. The van der Waals surface area contributed by atoms with Crippen molar-refractivity contribution in [2.24, 2.45) is 12.8 Å². The fourth-order valence-corrected chi connectivity index (χ4v) is 4.24. The largest absolute Gasteiger partial charge is 0.440 e. The standard InChI is InChI=1S/C21H20N4O3/c1-11(2)25-15-8-6-5-7-13(15)21(20(25)27)14(10-22)18(23)28-16-9-12(3)24(4)19(26)17(16)21/h5-9,11H,23H2,1-4H3. The first kappa shape index (κ1) is 17.9. The van der Waals surface area contributed by atoms with Crippen LogP contribution in [0.2, 0.25) is 0 Å². The second-order valence-electron chi connectivity index (χ2n) is 7.38. The Morgan fingerprint density at radius 1 is 1.25 bits per heavy atom. The molecule has 2 aromatic rings. The quantitative estimate of drug-likeness (QED) is 0.818. The summed E-state index contributed by atoms with van der Waals surface area (Å²) in [6, 6.07) is 10.8. The minimum atomic E-state index is -1.62. The highest BCUT2D eigenvalue weighted by atomic mass is 16.5. The molecule has 1 aromatic heterocycles. The van der Waals surface area contributed by atoms with Gasteiger partial charge in [0.2, 0.25) is 11.8 Å². The van der Waals surface area contributed by atoms with Crippen LogP contribution in [0.5, 0.6) is 5.75 Å². The van der Waals surface area contributed by atoms with Crippen LogP contribution in [-0.2, 0) is 17.3 Å². The van der Waals surface area contributed by atoms with Gasteiger partial charge in [0.1, 0.15) is 17.4 Å². The van der Waals surface area contributed by atoms with Crippen LogP contribution in [-0.4, -0.2) is 16.5 Å². The minimum absolute atomic E-state index is 0.0541. The molecule has 2 aliphatic rings. The molecule has 0 aliphatic carbocycles. The number of aryl methyl sites for hydroxylation is 1. The van der Waals surface area contributed by atoms with Crippen molar-refractivity contribution in [3.05, 3.63) is 69.0 Å². The van der Waals surface area contributed by atoms with Crippen molar-refractivity contribution in [2.45, 2.75) is 32.2 Å². The Labute approximate surface area is 162 Å². The van der Waals surface area contributed by atoms with Gasteiger partial charge in [-0.1, -0.05) is 18.2 Å². The fourth-order valence-electron chi connectivity index (χ4n) is 4.24. The number of aromatic nitrogens is 1. The zero-order chi connectivity index (χ0) is 20.4. The molecule has 1 atom stereocenters. The summed E-state index contributed by atoms with van der Waals surface area (Å²) in [4.78, 5) is 28.8. The number of amides is 1. The number of fused-ring (bicyclic) bond motifs is 4. The van der Waals surface area contributed by atoms with Gasteiger partial charge in [-0.05, 0) is 26.8 Å². The molecular formula is C21H20N4O3. The number of para-hydroxylation sites is 1. The molecule has 2 N–H and O–H groups in total. The molecule has 7 heteroatoms. The molecule has 0 bridgehead atoms. The van der Waals surface area contributed by atoms with Gasteiger partial charge in [-0.25, -0.2) is 0 Å². The summed E-state index contributed by atoms with van der Waals surface area (Å²) < 4.78 is 7.10. The fraction of sp³-hybridized carbons (Fsp3) is 0.286. The first-order valence-electron chi connectivity index (χ1n) is 8.99. The Balaban J connectivity index is 2.24. The Kier molecular flexibility index (Phi) is 3.66. The third-order valence-corrected chi connectivity index (χ3v) is 5.59. The molecule has 1 spiro atoms. The molecule has 1 unspecified atom stereocenters. The van der Waals surface area contributed by atoms with Gasteiger partial charge in [0.25, 0.3) is 5.56 Å². The van der Waals surface area contributed by atoms with Gasteiger partial charge in [-0.3, -0.25) is 9.59 Å². The molecule has 0 saturated heterocycles. The van der Waals surface area contributed by atoms with Crippen molar-refractivity contribution in [1.29, 1.82) is 5.26 Å². The highest BCUT2D eigenvalue weighted by molar-refractivity contribution is 6.14. The number of carbonyl (C=O) groups excluding carboxylic acids is 1. The molecular weight excluding hydrogens is 356 g/mol. The molecule has 3 heterocycles. The molecule has 142 valence electrons. The predicted molar refractivity (Wildman–Crippen MR) is 104 cm³/mol. The van der Waals surface area contributed by atoms with E-state index in [1.807, 2.05) is 26.0 Å². The van der Waals surface area contributed by atoms with Crippen molar-refractivity contribution in [3.63, 3.8) is 0 Å². The van der Waals surface area contributed by atoms with Crippen LogP contribution in [0.15, 0.2) is 46.6 Å². The topological polar surface area (TPSA) is 101 Å². The van der Waals surface area contributed by atoms with E-state index in [1.54, 1.807) is 37.1 Å². The van der Waals surface area contributed by atoms with E-state index in [1.165, 1.54) is 4.57 Å². The summed E-state index contributed by atoms with van der Waals surface area (Å²) in [6.07, 6.45) is 0. The Bertz CT molecular complexity index is 1170. The van der Waals surface area contributed by atoms with E-state index in [2.05, 4.69) is 6.07 Å². The van der Waals surface area contributed by atoms with Gasteiger partial charge in [-0.2, -0.15) is 5.26 Å². The number of nitrogens with two attached hydrogens (primary N) is 1. The number of hydrogen-bond acceptors (Lipinski definition) is 5. The van der Waals surface area contributed by atoms with E-state index in [9.17, 15) is 14.9 Å². The maximum Gasteiger partial charge on any atom is 0.259 e. The van der Waals surface area contributed by atoms with Crippen LogP contribution < -0.4 is 20.9 Å². The van der Waals surface area contributed by atoms with E-state index in [0.29, 0.717) is 16.9 Å². The average Bonchev–Trinajstić information content (AvgIpc) is 2.89. The van der Waals surface area contributed by atoms with Crippen LogP contribution in [0.1, 0.15) is 30.7 Å². The van der Waals surface area contributed by atoms with Crippen LogP contribution in [0.4, 0.5) is 5.69 Å². The highest BCUT2D eigenvalue weighted by Gasteiger charge is 2.61. The second-order valence-corrected chi connectivity index (χ2v) is 7.38. The highest BCUT2D eigenvalue weighted by Crippen LogP contribution is 2.54. The summed E-state index contributed by atoms with van der Waals surface area (Å²) in [7, 11) is 1.63.